The summed E-state index contributed by atoms with van der Waals surface area (Å²) in [5.74, 6) is 0.700. The van der Waals surface area contributed by atoms with Crippen molar-refractivity contribution in [1.82, 2.24) is 0 Å². The molecule has 104 valence electrons. The average molecular weight is 331 g/mol. The molecule has 2 aromatic rings. The van der Waals surface area contributed by atoms with Crippen molar-refractivity contribution >= 4 is 15.9 Å². The normalized spacial score (nSPS) is 16.8. The minimum Gasteiger partial charge on any atom is -0.384 e. The highest BCUT2D eigenvalue weighted by atomic mass is 79.9. The third-order valence-electron chi connectivity index (χ3n) is 4.18. The van der Waals surface area contributed by atoms with E-state index in [-0.39, 0.29) is 0 Å². The molecular weight excluding hydrogens is 312 g/mol. The molecule has 1 atom stereocenters. The molecule has 1 N–H and O–H groups in total. The lowest BCUT2D eigenvalue weighted by atomic mass is 9.79. The highest BCUT2D eigenvalue weighted by molar-refractivity contribution is 9.10. The van der Waals surface area contributed by atoms with E-state index in [0.29, 0.717) is 5.92 Å². The zero-order valence-electron chi connectivity index (χ0n) is 11.6. The monoisotopic (exact) mass is 330 g/mol. The molecule has 0 bridgehead atoms. The Kier molecular flexibility index (Phi) is 3.95. The maximum Gasteiger partial charge on any atom is 0.104 e. The zero-order valence-corrected chi connectivity index (χ0v) is 13.2. The van der Waals surface area contributed by atoms with Crippen molar-refractivity contribution in [2.75, 3.05) is 0 Å². The summed E-state index contributed by atoms with van der Waals surface area (Å²) in [6.45, 7) is 2.05. The molecule has 1 unspecified atom stereocenters. The highest BCUT2D eigenvalue weighted by Gasteiger charge is 2.20. The first-order valence-electron chi connectivity index (χ1n) is 7.18. The third kappa shape index (κ3) is 2.82. The van der Waals surface area contributed by atoms with E-state index in [9.17, 15) is 5.11 Å². The minimum absolute atomic E-state index is 0.550. The molecule has 0 spiro atoms. The van der Waals surface area contributed by atoms with Gasteiger partial charge in [0.1, 0.15) is 6.10 Å². The Bertz CT molecular complexity index is 596. The molecule has 3 rings (SSSR count). The van der Waals surface area contributed by atoms with Crippen molar-refractivity contribution in [2.45, 2.75) is 38.2 Å². The van der Waals surface area contributed by atoms with E-state index in [1.54, 1.807) is 0 Å². The van der Waals surface area contributed by atoms with Gasteiger partial charge in [-0.05, 0) is 60.1 Å². The van der Waals surface area contributed by atoms with Crippen LogP contribution in [0, 0.1) is 6.92 Å². The molecule has 0 heterocycles. The van der Waals surface area contributed by atoms with Gasteiger partial charge in [-0.15, -0.1) is 0 Å². The Morgan fingerprint density at radius 3 is 2.55 bits per heavy atom. The van der Waals surface area contributed by atoms with E-state index in [1.165, 1.54) is 24.8 Å². The number of rotatable bonds is 3. The minimum atomic E-state index is -0.550. The number of aliphatic hydroxyl groups excluding tert-OH is 1. The number of aliphatic hydroxyl groups is 1. The SMILES string of the molecule is Cc1cc(Br)cc(C(O)c2cccc(C3CCC3)c2)c1. The van der Waals surface area contributed by atoms with Crippen LogP contribution in [0.2, 0.25) is 0 Å². The molecule has 0 saturated heterocycles. The van der Waals surface area contributed by atoms with Gasteiger partial charge in [0.05, 0.1) is 0 Å². The van der Waals surface area contributed by atoms with Gasteiger partial charge in [-0.25, -0.2) is 0 Å². The number of hydrogen-bond acceptors (Lipinski definition) is 1. The molecule has 0 aromatic heterocycles. The summed E-state index contributed by atoms with van der Waals surface area (Å²) in [7, 11) is 0. The maximum absolute atomic E-state index is 10.6. The van der Waals surface area contributed by atoms with Gasteiger partial charge in [0.25, 0.3) is 0 Å². The smallest absolute Gasteiger partial charge is 0.104 e. The van der Waals surface area contributed by atoms with Crippen LogP contribution in [0.15, 0.2) is 46.9 Å². The third-order valence-corrected chi connectivity index (χ3v) is 4.64. The molecular formula is C18H19BrO. The molecule has 0 aliphatic heterocycles. The lowest BCUT2D eigenvalue weighted by Gasteiger charge is -2.26. The lowest BCUT2D eigenvalue weighted by molar-refractivity contribution is 0.220. The van der Waals surface area contributed by atoms with E-state index in [1.807, 2.05) is 25.1 Å². The Hall–Kier alpha value is -1.12. The van der Waals surface area contributed by atoms with E-state index < -0.39 is 6.10 Å². The van der Waals surface area contributed by atoms with Crippen molar-refractivity contribution in [1.29, 1.82) is 0 Å². The Labute approximate surface area is 128 Å². The van der Waals surface area contributed by atoms with E-state index in [4.69, 9.17) is 0 Å². The molecule has 1 nitrogen and oxygen atoms in total. The van der Waals surface area contributed by atoms with E-state index in [0.717, 1.165) is 21.2 Å². The number of halogens is 1. The van der Waals surface area contributed by atoms with Gasteiger partial charge in [0.15, 0.2) is 0 Å². The summed E-state index contributed by atoms with van der Waals surface area (Å²) in [6, 6.07) is 14.5. The Balaban J connectivity index is 1.91. The second kappa shape index (κ2) is 5.71. The Morgan fingerprint density at radius 1 is 1.10 bits per heavy atom. The van der Waals surface area contributed by atoms with Crippen LogP contribution < -0.4 is 0 Å². The second-order valence-electron chi connectivity index (χ2n) is 5.76. The predicted octanol–water partition coefficient (Wildman–Crippen LogP) is 5.11. The van der Waals surface area contributed by atoms with Crippen molar-refractivity contribution in [3.63, 3.8) is 0 Å². The van der Waals surface area contributed by atoms with Gasteiger partial charge in [0, 0.05) is 4.47 Å². The maximum atomic E-state index is 10.6. The summed E-state index contributed by atoms with van der Waals surface area (Å²) >= 11 is 3.50. The standard InChI is InChI=1S/C18H19BrO/c1-12-8-16(11-17(19)9-12)18(20)15-7-3-6-14(10-15)13-4-2-5-13/h3,6-11,13,18,20H,2,4-5H2,1H3. The largest absolute Gasteiger partial charge is 0.384 e. The van der Waals surface area contributed by atoms with Crippen molar-refractivity contribution in [2.24, 2.45) is 0 Å². The van der Waals surface area contributed by atoms with E-state index >= 15 is 0 Å². The van der Waals surface area contributed by atoms with Gasteiger partial charge >= 0.3 is 0 Å². The van der Waals surface area contributed by atoms with Crippen LogP contribution in [0.5, 0.6) is 0 Å². The first kappa shape index (κ1) is 13.8. The molecule has 1 aliphatic rings. The first-order valence-corrected chi connectivity index (χ1v) is 7.98. The van der Waals surface area contributed by atoms with Crippen molar-refractivity contribution in [3.05, 3.63) is 69.2 Å². The summed E-state index contributed by atoms with van der Waals surface area (Å²) < 4.78 is 1.02. The molecule has 0 amide bonds. The van der Waals surface area contributed by atoms with Gasteiger partial charge in [-0.3, -0.25) is 0 Å². The van der Waals surface area contributed by atoms with Crippen LogP contribution in [0.25, 0.3) is 0 Å². The van der Waals surface area contributed by atoms with Gasteiger partial charge < -0.3 is 5.11 Å². The summed E-state index contributed by atoms with van der Waals surface area (Å²) in [5, 5.41) is 10.6. The number of hydrogen-bond donors (Lipinski definition) is 1. The molecule has 2 aromatic carbocycles. The van der Waals surface area contributed by atoms with Crippen LogP contribution in [-0.4, -0.2) is 5.11 Å². The summed E-state index contributed by atoms with van der Waals surface area (Å²) in [4.78, 5) is 0. The fourth-order valence-electron chi connectivity index (χ4n) is 2.84. The fourth-order valence-corrected chi connectivity index (χ4v) is 3.46. The van der Waals surface area contributed by atoms with Crippen molar-refractivity contribution < 1.29 is 5.11 Å². The molecule has 1 saturated carbocycles. The van der Waals surface area contributed by atoms with Crippen LogP contribution >= 0.6 is 15.9 Å². The highest BCUT2D eigenvalue weighted by Crippen LogP contribution is 2.37. The van der Waals surface area contributed by atoms with Gasteiger partial charge in [-0.2, -0.15) is 0 Å². The number of benzene rings is 2. The molecule has 20 heavy (non-hydrogen) atoms. The van der Waals surface area contributed by atoms with E-state index in [2.05, 4.69) is 40.2 Å². The predicted molar refractivity (Wildman–Crippen MR) is 86.0 cm³/mol. The molecule has 0 radical (unpaired) electrons. The van der Waals surface area contributed by atoms with Crippen molar-refractivity contribution in [3.8, 4) is 0 Å². The molecule has 1 fully saturated rings. The quantitative estimate of drug-likeness (QED) is 0.829. The average Bonchev–Trinajstić information content (AvgIpc) is 2.35. The van der Waals surface area contributed by atoms with Gasteiger partial charge in [0.2, 0.25) is 0 Å². The fraction of sp³-hybridized carbons (Fsp3) is 0.333. The van der Waals surface area contributed by atoms with Crippen LogP contribution in [0.1, 0.15) is 53.5 Å². The molecule has 2 heteroatoms. The first-order chi connectivity index (χ1) is 9.63. The number of aryl methyl sites for hydroxylation is 1. The molecule has 1 aliphatic carbocycles. The lowest BCUT2D eigenvalue weighted by Crippen LogP contribution is -2.09. The van der Waals surface area contributed by atoms with Crippen LogP contribution in [-0.2, 0) is 0 Å². The van der Waals surface area contributed by atoms with Crippen LogP contribution in [0.3, 0.4) is 0 Å². The topological polar surface area (TPSA) is 20.2 Å². The Morgan fingerprint density at radius 2 is 1.90 bits per heavy atom. The second-order valence-corrected chi connectivity index (χ2v) is 6.68. The van der Waals surface area contributed by atoms with Gasteiger partial charge in [-0.1, -0.05) is 52.7 Å². The summed E-state index contributed by atoms with van der Waals surface area (Å²) in [5.41, 5.74) is 4.47. The van der Waals surface area contributed by atoms with Crippen LogP contribution in [0.4, 0.5) is 0 Å². The summed E-state index contributed by atoms with van der Waals surface area (Å²) in [6.07, 6.45) is 3.36. The zero-order chi connectivity index (χ0) is 14.1.